The average molecular weight is 412 g/mol. The van der Waals surface area contributed by atoms with Gasteiger partial charge in [-0.2, -0.15) is 0 Å². The molecule has 4 rings (SSSR count). The van der Waals surface area contributed by atoms with E-state index < -0.39 is 6.10 Å². The highest BCUT2D eigenvalue weighted by molar-refractivity contribution is 6.30. The number of aryl methyl sites for hydroxylation is 1. The summed E-state index contributed by atoms with van der Waals surface area (Å²) in [5.74, 6) is 1.26. The van der Waals surface area contributed by atoms with Crippen LogP contribution < -0.4 is 15.4 Å². The van der Waals surface area contributed by atoms with Crippen molar-refractivity contribution in [2.24, 2.45) is 0 Å². The number of fused-ring (bicyclic) bond motifs is 1. The van der Waals surface area contributed by atoms with Gasteiger partial charge in [-0.3, -0.25) is 9.59 Å². The van der Waals surface area contributed by atoms with E-state index in [2.05, 4.69) is 15.6 Å². The minimum atomic E-state index is -0.540. The molecule has 2 aromatic carbocycles. The number of oxazole rings is 1. The van der Waals surface area contributed by atoms with Gasteiger partial charge in [0.25, 0.3) is 5.91 Å². The third-order valence-corrected chi connectivity index (χ3v) is 4.69. The largest absolute Gasteiger partial charge is 0.479 e. The Balaban J connectivity index is 1.34. The van der Waals surface area contributed by atoms with E-state index in [1.165, 1.54) is 0 Å². The van der Waals surface area contributed by atoms with Crippen molar-refractivity contribution in [2.75, 3.05) is 10.6 Å². The molecule has 0 spiro atoms. The third kappa shape index (κ3) is 4.41. The summed E-state index contributed by atoms with van der Waals surface area (Å²) in [5.41, 5.74) is 1.97. The van der Waals surface area contributed by atoms with Gasteiger partial charge in [0.15, 0.2) is 17.8 Å². The number of ether oxygens (including phenoxy) is 1. The fraction of sp³-hybridized carbons (Fsp3) is 0.190. The zero-order valence-electron chi connectivity index (χ0n) is 15.6. The number of carbonyl (C=O) groups excluding carboxylic acids is 2. The Morgan fingerprint density at radius 2 is 2.03 bits per heavy atom. The van der Waals surface area contributed by atoms with E-state index in [0.29, 0.717) is 40.2 Å². The van der Waals surface area contributed by atoms with Gasteiger partial charge >= 0.3 is 0 Å². The third-order valence-electron chi connectivity index (χ3n) is 4.44. The van der Waals surface area contributed by atoms with Crippen LogP contribution in [0.1, 0.15) is 19.2 Å². The molecule has 2 heterocycles. The highest BCUT2D eigenvalue weighted by Crippen LogP contribution is 2.32. The van der Waals surface area contributed by atoms with Crippen LogP contribution in [-0.4, -0.2) is 22.9 Å². The van der Waals surface area contributed by atoms with Crippen LogP contribution in [-0.2, 0) is 16.0 Å². The highest BCUT2D eigenvalue weighted by atomic mass is 35.5. The lowest BCUT2D eigenvalue weighted by Gasteiger charge is -2.23. The molecular weight excluding hydrogens is 394 g/mol. The van der Waals surface area contributed by atoms with Crippen molar-refractivity contribution < 1.29 is 18.7 Å². The van der Waals surface area contributed by atoms with Gasteiger partial charge in [-0.15, -0.1) is 0 Å². The molecular formula is C21H18ClN3O4. The summed E-state index contributed by atoms with van der Waals surface area (Å²) in [6, 6.07) is 12.4. The van der Waals surface area contributed by atoms with E-state index in [1.807, 2.05) is 12.1 Å². The predicted octanol–water partition coefficient (Wildman–Crippen LogP) is 4.29. The number of carbonyl (C=O) groups is 2. The number of nitrogens with zero attached hydrogens (tertiary/aromatic N) is 1. The first-order valence-corrected chi connectivity index (χ1v) is 9.48. The van der Waals surface area contributed by atoms with E-state index in [9.17, 15) is 9.59 Å². The molecule has 29 heavy (non-hydrogen) atoms. The second-order valence-electron chi connectivity index (χ2n) is 6.63. The maximum atomic E-state index is 12.3. The molecule has 0 saturated heterocycles. The van der Waals surface area contributed by atoms with Gasteiger partial charge in [-0.25, -0.2) is 4.98 Å². The minimum absolute atomic E-state index is 0.187. The van der Waals surface area contributed by atoms with Crippen LogP contribution in [0, 0.1) is 0 Å². The van der Waals surface area contributed by atoms with E-state index in [-0.39, 0.29) is 18.2 Å². The fourth-order valence-corrected chi connectivity index (χ4v) is 3.03. The second-order valence-corrected chi connectivity index (χ2v) is 7.07. The van der Waals surface area contributed by atoms with Gasteiger partial charge in [0.2, 0.25) is 5.91 Å². The predicted molar refractivity (Wildman–Crippen MR) is 109 cm³/mol. The van der Waals surface area contributed by atoms with Crippen LogP contribution in [0.15, 0.2) is 53.1 Å². The zero-order valence-corrected chi connectivity index (χ0v) is 16.3. The average Bonchev–Trinajstić information content (AvgIpc) is 3.17. The molecule has 0 bridgehead atoms. The summed E-state index contributed by atoms with van der Waals surface area (Å²) in [6.45, 7) is 1.68. The number of benzene rings is 2. The Morgan fingerprint density at radius 3 is 2.83 bits per heavy atom. The van der Waals surface area contributed by atoms with Gasteiger partial charge in [0.05, 0.1) is 11.9 Å². The molecule has 0 fully saturated rings. The Bertz CT molecular complexity index is 1060. The van der Waals surface area contributed by atoms with Crippen molar-refractivity contribution in [3.63, 3.8) is 0 Å². The molecule has 148 valence electrons. The van der Waals surface area contributed by atoms with Crippen molar-refractivity contribution in [3.8, 4) is 17.1 Å². The smallest absolute Gasteiger partial charge is 0.265 e. The van der Waals surface area contributed by atoms with Gasteiger partial charge in [-0.1, -0.05) is 11.6 Å². The summed E-state index contributed by atoms with van der Waals surface area (Å²) < 4.78 is 11.2. The van der Waals surface area contributed by atoms with Crippen molar-refractivity contribution in [1.82, 2.24) is 4.98 Å². The summed E-state index contributed by atoms with van der Waals surface area (Å²) >= 11 is 5.89. The number of hydrogen-bond acceptors (Lipinski definition) is 5. The molecule has 1 unspecified atom stereocenters. The zero-order chi connectivity index (χ0) is 20.4. The lowest BCUT2D eigenvalue weighted by molar-refractivity contribution is -0.122. The molecule has 0 saturated carbocycles. The maximum absolute atomic E-state index is 12.3. The first-order chi connectivity index (χ1) is 14.0. The number of hydrogen-bond donors (Lipinski definition) is 2. The molecule has 1 aromatic heterocycles. The molecule has 2 N–H and O–H groups in total. The van der Waals surface area contributed by atoms with Crippen molar-refractivity contribution in [3.05, 3.63) is 59.6 Å². The molecule has 2 amide bonds. The molecule has 8 heteroatoms. The van der Waals surface area contributed by atoms with Crippen LogP contribution in [0.4, 0.5) is 11.4 Å². The standard InChI is InChI=1S/C21H18ClN3O4/c1-12-21(27)25-16-10-15(6-7-17(16)28-12)24-19(26)8-9-20-23-11-18(29-20)13-2-4-14(22)5-3-13/h2-7,10-12H,8-9H2,1H3,(H,24,26)(H,25,27). The Hall–Kier alpha value is -3.32. The molecule has 1 aliphatic heterocycles. The Morgan fingerprint density at radius 1 is 1.24 bits per heavy atom. The van der Waals surface area contributed by atoms with Crippen LogP contribution >= 0.6 is 11.6 Å². The van der Waals surface area contributed by atoms with E-state index in [0.717, 1.165) is 5.56 Å². The Kier molecular flexibility index (Phi) is 5.22. The number of anilines is 2. The maximum Gasteiger partial charge on any atom is 0.265 e. The topological polar surface area (TPSA) is 93.5 Å². The molecule has 7 nitrogen and oxygen atoms in total. The lowest BCUT2D eigenvalue weighted by Crippen LogP contribution is -2.34. The summed E-state index contributed by atoms with van der Waals surface area (Å²) in [7, 11) is 0. The summed E-state index contributed by atoms with van der Waals surface area (Å²) in [4.78, 5) is 28.2. The van der Waals surface area contributed by atoms with E-state index in [4.69, 9.17) is 20.8 Å². The SMILES string of the molecule is CC1Oc2ccc(NC(=O)CCc3ncc(-c4ccc(Cl)cc4)o3)cc2NC1=O. The monoisotopic (exact) mass is 411 g/mol. The summed E-state index contributed by atoms with van der Waals surface area (Å²) in [5, 5.41) is 6.20. The van der Waals surface area contributed by atoms with Gasteiger partial charge in [-0.05, 0) is 49.4 Å². The minimum Gasteiger partial charge on any atom is -0.479 e. The second kappa shape index (κ2) is 7.97. The van der Waals surface area contributed by atoms with Gasteiger partial charge < -0.3 is 19.8 Å². The Labute approximate surface area is 172 Å². The number of nitrogens with one attached hydrogen (secondary N) is 2. The van der Waals surface area contributed by atoms with Crippen molar-refractivity contribution >= 4 is 34.8 Å². The number of rotatable bonds is 5. The van der Waals surface area contributed by atoms with Crippen LogP contribution in [0.5, 0.6) is 5.75 Å². The van der Waals surface area contributed by atoms with Gasteiger partial charge in [0.1, 0.15) is 5.75 Å². The normalized spacial score (nSPS) is 15.2. The van der Waals surface area contributed by atoms with Crippen LogP contribution in [0.2, 0.25) is 5.02 Å². The first kappa shape index (κ1) is 19.0. The molecule has 1 atom stereocenters. The number of halogens is 1. The van der Waals surface area contributed by atoms with Crippen LogP contribution in [0.25, 0.3) is 11.3 Å². The number of amides is 2. The molecule has 3 aromatic rings. The van der Waals surface area contributed by atoms with E-state index in [1.54, 1.807) is 43.5 Å². The lowest BCUT2D eigenvalue weighted by atomic mass is 10.2. The van der Waals surface area contributed by atoms with Gasteiger partial charge in [0, 0.05) is 29.1 Å². The first-order valence-electron chi connectivity index (χ1n) is 9.10. The highest BCUT2D eigenvalue weighted by Gasteiger charge is 2.23. The summed E-state index contributed by atoms with van der Waals surface area (Å²) in [6.07, 6.45) is 1.66. The fourth-order valence-electron chi connectivity index (χ4n) is 2.90. The molecule has 0 aliphatic carbocycles. The van der Waals surface area contributed by atoms with Crippen LogP contribution in [0.3, 0.4) is 0 Å². The number of aromatic nitrogens is 1. The molecule has 0 radical (unpaired) electrons. The van der Waals surface area contributed by atoms with Crippen molar-refractivity contribution in [1.29, 1.82) is 0 Å². The van der Waals surface area contributed by atoms with E-state index >= 15 is 0 Å². The van der Waals surface area contributed by atoms with Crippen molar-refractivity contribution in [2.45, 2.75) is 25.9 Å². The quantitative estimate of drug-likeness (QED) is 0.653. The molecule has 1 aliphatic rings.